The second-order valence-electron chi connectivity index (χ2n) is 3.91. The van der Waals surface area contributed by atoms with Crippen LogP contribution in [0.15, 0.2) is 24.3 Å². The Kier molecular flexibility index (Phi) is 3.86. The number of halogens is 1. The summed E-state index contributed by atoms with van der Waals surface area (Å²) in [5.41, 5.74) is 0. The van der Waals surface area contributed by atoms with Crippen LogP contribution in [-0.2, 0) is 4.74 Å². The van der Waals surface area contributed by atoms with Gasteiger partial charge in [-0.05, 0) is 60.6 Å². The van der Waals surface area contributed by atoms with E-state index in [4.69, 9.17) is 9.47 Å². The number of benzene rings is 1. The smallest absolute Gasteiger partial charge is 0.120 e. The van der Waals surface area contributed by atoms with Gasteiger partial charge in [0.25, 0.3) is 0 Å². The monoisotopic (exact) mass is 318 g/mol. The van der Waals surface area contributed by atoms with Crippen molar-refractivity contribution < 1.29 is 9.47 Å². The lowest BCUT2D eigenvalue weighted by Crippen LogP contribution is -2.17. The number of hydrogen-bond donors (Lipinski definition) is 0. The Labute approximate surface area is 104 Å². The molecule has 1 heterocycles. The van der Waals surface area contributed by atoms with Crippen molar-refractivity contribution in [1.29, 1.82) is 0 Å². The van der Waals surface area contributed by atoms with Gasteiger partial charge in [-0.25, -0.2) is 0 Å². The molecule has 1 aliphatic rings. The van der Waals surface area contributed by atoms with E-state index in [0.717, 1.165) is 18.6 Å². The van der Waals surface area contributed by atoms with Gasteiger partial charge in [-0.1, -0.05) is 6.07 Å². The molecule has 0 amide bonds. The summed E-state index contributed by atoms with van der Waals surface area (Å²) in [5, 5.41) is 0. The summed E-state index contributed by atoms with van der Waals surface area (Å²) in [6.07, 6.45) is 2.94. The molecule has 2 rings (SSSR count). The van der Waals surface area contributed by atoms with E-state index >= 15 is 0 Å². The van der Waals surface area contributed by atoms with Gasteiger partial charge in [0.2, 0.25) is 0 Å². The topological polar surface area (TPSA) is 18.5 Å². The van der Waals surface area contributed by atoms with Crippen LogP contribution in [0.1, 0.15) is 19.8 Å². The van der Waals surface area contributed by atoms with Crippen molar-refractivity contribution in [2.24, 2.45) is 0 Å². The fourth-order valence-electron chi connectivity index (χ4n) is 1.75. The largest absolute Gasteiger partial charge is 0.491 e. The fraction of sp³-hybridized carbons (Fsp3) is 0.500. The lowest BCUT2D eigenvalue weighted by Gasteiger charge is -2.12. The van der Waals surface area contributed by atoms with E-state index in [0.29, 0.717) is 12.7 Å². The molecule has 0 aliphatic carbocycles. The Morgan fingerprint density at radius 2 is 2.33 bits per heavy atom. The highest BCUT2D eigenvalue weighted by molar-refractivity contribution is 14.1. The molecule has 82 valence electrons. The van der Waals surface area contributed by atoms with E-state index in [2.05, 4.69) is 35.6 Å². The molecule has 2 unspecified atom stereocenters. The van der Waals surface area contributed by atoms with Crippen LogP contribution < -0.4 is 4.74 Å². The van der Waals surface area contributed by atoms with E-state index in [9.17, 15) is 0 Å². The molecule has 1 aromatic carbocycles. The van der Waals surface area contributed by atoms with Crippen LogP contribution in [0.5, 0.6) is 5.75 Å². The maximum atomic E-state index is 5.69. The summed E-state index contributed by atoms with van der Waals surface area (Å²) < 4.78 is 12.6. The Morgan fingerprint density at radius 1 is 1.47 bits per heavy atom. The van der Waals surface area contributed by atoms with Crippen molar-refractivity contribution >= 4 is 22.6 Å². The zero-order chi connectivity index (χ0) is 10.7. The number of hydrogen-bond acceptors (Lipinski definition) is 2. The highest BCUT2D eigenvalue weighted by Crippen LogP contribution is 2.21. The molecule has 1 aliphatic heterocycles. The third-order valence-electron chi connectivity index (χ3n) is 2.55. The minimum atomic E-state index is 0.276. The van der Waals surface area contributed by atoms with Crippen LogP contribution >= 0.6 is 22.6 Å². The first kappa shape index (κ1) is 11.2. The number of ether oxygens (including phenoxy) is 2. The van der Waals surface area contributed by atoms with Crippen molar-refractivity contribution in [3.05, 3.63) is 27.8 Å². The Balaban J connectivity index is 1.83. The first-order valence-corrected chi connectivity index (χ1v) is 6.36. The van der Waals surface area contributed by atoms with E-state index in [1.807, 2.05) is 18.2 Å². The second-order valence-corrected chi connectivity index (χ2v) is 5.16. The summed E-state index contributed by atoms with van der Waals surface area (Å²) >= 11 is 2.29. The van der Waals surface area contributed by atoms with Crippen LogP contribution in [0, 0.1) is 3.57 Å². The first-order chi connectivity index (χ1) is 7.24. The average Bonchev–Trinajstić information content (AvgIpc) is 2.62. The van der Waals surface area contributed by atoms with Gasteiger partial charge >= 0.3 is 0 Å². The van der Waals surface area contributed by atoms with Crippen molar-refractivity contribution in [3.8, 4) is 5.75 Å². The summed E-state index contributed by atoms with van der Waals surface area (Å²) in [6.45, 7) is 2.79. The lowest BCUT2D eigenvalue weighted by atomic mass is 10.2. The number of rotatable bonds is 3. The van der Waals surface area contributed by atoms with Crippen LogP contribution in [0.2, 0.25) is 0 Å². The highest BCUT2D eigenvalue weighted by Gasteiger charge is 2.22. The lowest BCUT2D eigenvalue weighted by molar-refractivity contribution is 0.0264. The van der Waals surface area contributed by atoms with Crippen molar-refractivity contribution in [3.63, 3.8) is 0 Å². The molecule has 0 bridgehead atoms. The Morgan fingerprint density at radius 3 is 3.00 bits per heavy atom. The molecule has 2 nitrogen and oxygen atoms in total. The van der Waals surface area contributed by atoms with Crippen LogP contribution in [-0.4, -0.2) is 18.8 Å². The summed E-state index contributed by atoms with van der Waals surface area (Å²) in [7, 11) is 0. The molecule has 0 N–H and O–H groups in total. The molecule has 1 fully saturated rings. The van der Waals surface area contributed by atoms with Gasteiger partial charge in [0.05, 0.1) is 12.2 Å². The maximum Gasteiger partial charge on any atom is 0.120 e. The van der Waals surface area contributed by atoms with Gasteiger partial charge in [0.1, 0.15) is 12.4 Å². The molecule has 0 saturated carbocycles. The molecule has 2 atom stereocenters. The predicted molar refractivity (Wildman–Crippen MR) is 68.2 cm³/mol. The molecule has 0 aromatic heterocycles. The highest BCUT2D eigenvalue weighted by atomic mass is 127. The zero-order valence-electron chi connectivity index (χ0n) is 8.78. The van der Waals surface area contributed by atoms with Crippen molar-refractivity contribution in [1.82, 2.24) is 0 Å². The van der Waals surface area contributed by atoms with Crippen LogP contribution in [0.4, 0.5) is 0 Å². The molecular formula is C12H15IO2. The molecule has 0 radical (unpaired) electrons. The molecule has 0 spiro atoms. The van der Waals surface area contributed by atoms with Gasteiger partial charge in [0.15, 0.2) is 0 Å². The average molecular weight is 318 g/mol. The maximum absolute atomic E-state index is 5.69. The SMILES string of the molecule is CC1CCC(COc2cccc(I)c2)O1. The Bertz CT molecular complexity index is 327. The van der Waals surface area contributed by atoms with Crippen molar-refractivity contribution in [2.45, 2.75) is 32.0 Å². The third kappa shape index (κ3) is 3.34. The normalized spacial score (nSPS) is 25.5. The van der Waals surface area contributed by atoms with E-state index in [1.54, 1.807) is 0 Å². The van der Waals surface area contributed by atoms with Gasteiger partial charge in [-0.3, -0.25) is 0 Å². The van der Waals surface area contributed by atoms with Crippen molar-refractivity contribution in [2.75, 3.05) is 6.61 Å². The molecule has 3 heteroatoms. The Hall–Kier alpha value is -0.290. The quantitative estimate of drug-likeness (QED) is 0.797. The van der Waals surface area contributed by atoms with Gasteiger partial charge < -0.3 is 9.47 Å². The standard InChI is InChI=1S/C12H15IO2/c1-9-5-6-12(15-9)8-14-11-4-2-3-10(13)7-11/h2-4,7,9,12H,5-6,8H2,1H3. The second kappa shape index (κ2) is 5.16. The van der Waals surface area contributed by atoms with Gasteiger partial charge in [-0.2, -0.15) is 0 Å². The van der Waals surface area contributed by atoms with Gasteiger partial charge in [-0.15, -0.1) is 0 Å². The fourth-order valence-corrected chi connectivity index (χ4v) is 2.27. The summed E-state index contributed by atoms with van der Waals surface area (Å²) in [4.78, 5) is 0. The summed E-state index contributed by atoms with van der Waals surface area (Å²) in [6, 6.07) is 8.09. The van der Waals surface area contributed by atoms with E-state index in [1.165, 1.54) is 3.57 Å². The van der Waals surface area contributed by atoms with E-state index in [-0.39, 0.29) is 6.10 Å². The predicted octanol–water partition coefficient (Wildman–Crippen LogP) is 3.24. The molecule has 1 aromatic rings. The molecular weight excluding hydrogens is 303 g/mol. The zero-order valence-corrected chi connectivity index (χ0v) is 10.9. The minimum absolute atomic E-state index is 0.276. The summed E-state index contributed by atoms with van der Waals surface area (Å²) in [5.74, 6) is 0.935. The minimum Gasteiger partial charge on any atom is -0.491 e. The molecule has 1 saturated heterocycles. The van der Waals surface area contributed by atoms with Crippen LogP contribution in [0.25, 0.3) is 0 Å². The van der Waals surface area contributed by atoms with E-state index < -0.39 is 0 Å². The van der Waals surface area contributed by atoms with Gasteiger partial charge in [0, 0.05) is 3.57 Å². The van der Waals surface area contributed by atoms with Crippen LogP contribution in [0.3, 0.4) is 0 Å². The first-order valence-electron chi connectivity index (χ1n) is 5.28. The third-order valence-corrected chi connectivity index (χ3v) is 3.22. The molecule has 15 heavy (non-hydrogen) atoms.